The van der Waals surface area contributed by atoms with Gasteiger partial charge in [0, 0.05) is 17.0 Å². The zero-order valence-electron chi connectivity index (χ0n) is 19.3. The first-order valence-corrected chi connectivity index (χ1v) is 11.7. The SMILES string of the molecule is CC(c1ccccc1)N1C(c2ccccc2)=NN(c2ccccc2)c2ccc3ccc(=O)[nH]c3c21. The van der Waals surface area contributed by atoms with Crippen LogP contribution in [0.25, 0.3) is 10.9 Å². The van der Waals surface area contributed by atoms with E-state index < -0.39 is 0 Å². The average molecular weight is 457 g/mol. The summed E-state index contributed by atoms with van der Waals surface area (Å²) < 4.78 is 0. The molecule has 2 heterocycles. The Morgan fingerprint density at radius 2 is 1.37 bits per heavy atom. The number of para-hydroxylation sites is 1. The topological polar surface area (TPSA) is 51.7 Å². The van der Waals surface area contributed by atoms with Gasteiger partial charge in [-0.2, -0.15) is 0 Å². The number of benzene rings is 4. The molecule has 0 amide bonds. The minimum absolute atomic E-state index is 0.0406. The van der Waals surface area contributed by atoms with Crippen LogP contribution in [-0.4, -0.2) is 10.8 Å². The van der Waals surface area contributed by atoms with Gasteiger partial charge in [-0.15, -0.1) is 5.10 Å². The molecule has 4 aromatic carbocycles. The lowest BCUT2D eigenvalue weighted by molar-refractivity contribution is 0.779. The largest absolute Gasteiger partial charge is 0.320 e. The highest BCUT2D eigenvalue weighted by molar-refractivity contribution is 6.18. The fourth-order valence-corrected chi connectivity index (χ4v) is 4.72. The molecule has 35 heavy (non-hydrogen) atoms. The molecular weight excluding hydrogens is 432 g/mol. The number of pyridine rings is 1. The molecule has 1 atom stereocenters. The van der Waals surface area contributed by atoms with Gasteiger partial charge in [0.05, 0.1) is 28.6 Å². The Hall–Kier alpha value is -4.64. The maximum atomic E-state index is 12.5. The fourth-order valence-electron chi connectivity index (χ4n) is 4.72. The van der Waals surface area contributed by atoms with Crippen LogP contribution in [0.5, 0.6) is 0 Å². The summed E-state index contributed by atoms with van der Waals surface area (Å²) in [6.07, 6.45) is 0. The van der Waals surface area contributed by atoms with E-state index in [-0.39, 0.29) is 11.6 Å². The molecule has 1 aliphatic heterocycles. The van der Waals surface area contributed by atoms with Crippen molar-refractivity contribution >= 4 is 33.8 Å². The third-order valence-corrected chi connectivity index (χ3v) is 6.45. The Labute approximate surface area is 203 Å². The highest BCUT2D eigenvalue weighted by Crippen LogP contribution is 2.46. The van der Waals surface area contributed by atoms with Gasteiger partial charge in [-0.05, 0) is 36.8 Å². The monoisotopic (exact) mass is 456 g/mol. The Bertz CT molecular complexity index is 1580. The van der Waals surface area contributed by atoms with Gasteiger partial charge < -0.3 is 9.88 Å². The second-order valence-electron chi connectivity index (χ2n) is 8.61. The summed E-state index contributed by atoms with van der Waals surface area (Å²) in [5, 5.41) is 8.14. The molecule has 1 N–H and O–H groups in total. The number of amidine groups is 1. The first-order valence-electron chi connectivity index (χ1n) is 11.7. The zero-order valence-corrected chi connectivity index (χ0v) is 19.3. The lowest BCUT2D eigenvalue weighted by atomic mass is 10.0. The second kappa shape index (κ2) is 8.61. The van der Waals surface area contributed by atoms with Crippen LogP contribution >= 0.6 is 0 Å². The molecular formula is C30H24N4O. The molecule has 0 spiro atoms. The van der Waals surface area contributed by atoms with Gasteiger partial charge >= 0.3 is 0 Å². The van der Waals surface area contributed by atoms with Crippen LogP contribution in [0.4, 0.5) is 17.1 Å². The molecule has 1 aromatic heterocycles. The highest BCUT2D eigenvalue weighted by Gasteiger charge is 2.33. The predicted molar refractivity (Wildman–Crippen MR) is 143 cm³/mol. The van der Waals surface area contributed by atoms with E-state index in [1.807, 2.05) is 71.7 Å². The summed E-state index contributed by atoms with van der Waals surface area (Å²) in [5.74, 6) is 0.815. The van der Waals surface area contributed by atoms with Gasteiger partial charge in [-0.1, -0.05) is 84.9 Å². The average Bonchev–Trinajstić information content (AvgIpc) is 2.93. The third-order valence-electron chi connectivity index (χ3n) is 6.45. The molecule has 0 fully saturated rings. The summed E-state index contributed by atoms with van der Waals surface area (Å²) in [6, 6.07) is 38.2. The third kappa shape index (κ3) is 3.67. The Balaban J connectivity index is 1.69. The van der Waals surface area contributed by atoms with Crippen molar-refractivity contribution in [3.63, 3.8) is 0 Å². The zero-order chi connectivity index (χ0) is 23.8. The summed E-state index contributed by atoms with van der Waals surface area (Å²) >= 11 is 0. The lowest BCUT2D eigenvalue weighted by Crippen LogP contribution is -2.40. The first kappa shape index (κ1) is 20.9. The quantitative estimate of drug-likeness (QED) is 0.331. The number of aromatic amines is 1. The van der Waals surface area contributed by atoms with E-state index in [0.717, 1.165) is 44.9 Å². The molecule has 6 rings (SSSR count). The molecule has 5 heteroatoms. The molecule has 0 radical (unpaired) electrons. The highest BCUT2D eigenvalue weighted by atomic mass is 16.1. The normalized spacial score (nSPS) is 13.9. The number of fused-ring (bicyclic) bond motifs is 3. The lowest BCUT2D eigenvalue weighted by Gasteiger charge is -2.40. The summed E-state index contributed by atoms with van der Waals surface area (Å²) in [6.45, 7) is 2.18. The molecule has 5 nitrogen and oxygen atoms in total. The maximum absolute atomic E-state index is 12.5. The van der Waals surface area contributed by atoms with E-state index in [4.69, 9.17) is 5.10 Å². The standard InChI is InChI=1S/C30H24N4O/c1-21(22-11-5-2-6-12-22)33-29-26(19-17-23-18-20-27(35)31-28(23)29)34(25-15-9-4-10-16-25)32-30(33)24-13-7-3-8-14-24/h2-21H,1H3,(H,31,35). The van der Waals surface area contributed by atoms with Crippen LogP contribution in [0.3, 0.4) is 0 Å². The fraction of sp³-hybridized carbons (Fsp3) is 0.0667. The molecule has 0 saturated carbocycles. The molecule has 5 aromatic rings. The van der Waals surface area contributed by atoms with E-state index >= 15 is 0 Å². The number of anilines is 3. The van der Waals surface area contributed by atoms with Crippen LogP contribution in [0.1, 0.15) is 24.1 Å². The van der Waals surface area contributed by atoms with Crippen LogP contribution < -0.4 is 15.5 Å². The second-order valence-corrected chi connectivity index (χ2v) is 8.61. The Morgan fingerprint density at radius 1 is 0.743 bits per heavy atom. The minimum atomic E-state index is -0.131. The van der Waals surface area contributed by atoms with Crippen molar-refractivity contribution < 1.29 is 0 Å². The Morgan fingerprint density at radius 3 is 2.09 bits per heavy atom. The predicted octanol–water partition coefficient (Wildman–Crippen LogP) is 6.61. The van der Waals surface area contributed by atoms with Crippen LogP contribution in [-0.2, 0) is 0 Å². The number of hydrogen-bond donors (Lipinski definition) is 1. The minimum Gasteiger partial charge on any atom is -0.320 e. The van der Waals surface area contributed by atoms with Crippen molar-refractivity contribution in [2.75, 3.05) is 9.91 Å². The Kier molecular flexibility index (Phi) is 5.15. The van der Waals surface area contributed by atoms with Crippen molar-refractivity contribution in [2.24, 2.45) is 5.10 Å². The number of rotatable bonds is 4. The number of nitrogens with one attached hydrogen (secondary N) is 1. The van der Waals surface area contributed by atoms with E-state index in [9.17, 15) is 4.79 Å². The van der Waals surface area contributed by atoms with Crippen molar-refractivity contribution in [1.29, 1.82) is 0 Å². The van der Waals surface area contributed by atoms with Gasteiger partial charge in [-0.3, -0.25) is 4.79 Å². The van der Waals surface area contributed by atoms with Crippen molar-refractivity contribution in [2.45, 2.75) is 13.0 Å². The van der Waals surface area contributed by atoms with Crippen molar-refractivity contribution in [3.05, 3.63) is 137 Å². The van der Waals surface area contributed by atoms with Gasteiger partial charge in [0.15, 0.2) is 5.84 Å². The van der Waals surface area contributed by atoms with E-state index in [1.165, 1.54) is 0 Å². The van der Waals surface area contributed by atoms with E-state index in [0.29, 0.717) is 0 Å². The summed E-state index contributed by atoms with van der Waals surface area (Å²) in [4.78, 5) is 17.9. The van der Waals surface area contributed by atoms with Crippen LogP contribution in [0.15, 0.2) is 125 Å². The van der Waals surface area contributed by atoms with Crippen LogP contribution in [0, 0.1) is 0 Å². The maximum Gasteiger partial charge on any atom is 0.248 e. The smallest absolute Gasteiger partial charge is 0.248 e. The van der Waals surface area contributed by atoms with Crippen molar-refractivity contribution in [3.8, 4) is 0 Å². The molecule has 1 aliphatic rings. The number of hydrazone groups is 1. The number of aromatic nitrogens is 1. The molecule has 0 bridgehead atoms. The van der Waals surface area contributed by atoms with Crippen molar-refractivity contribution in [1.82, 2.24) is 4.98 Å². The van der Waals surface area contributed by atoms with Gasteiger partial charge in [0.1, 0.15) is 0 Å². The molecule has 0 aliphatic carbocycles. The number of H-pyrrole nitrogens is 1. The van der Waals surface area contributed by atoms with Gasteiger partial charge in [-0.25, -0.2) is 5.01 Å². The summed E-state index contributed by atoms with van der Waals surface area (Å²) in [7, 11) is 0. The van der Waals surface area contributed by atoms with Gasteiger partial charge in [0.25, 0.3) is 0 Å². The van der Waals surface area contributed by atoms with Gasteiger partial charge in [0.2, 0.25) is 5.56 Å². The molecule has 0 saturated heterocycles. The first-order chi connectivity index (χ1) is 17.2. The van der Waals surface area contributed by atoms with Crippen LogP contribution in [0.2, 0.25) is 0 Å². The number of hydrogen-bond acceptors (Lipinski definition) is 4. The molecule has 170 valence electrons. The number of nitrogens with zero attached hydrogens (tertiary/aromatic N) is 3. The van der Waals surface area contributed by atoms with E-state index in [2.05, 4.69) is 59.3 Å². The molecule has 1 unspecified atom stereocenters. The summed E-state index contributed by atoms with van der Waals surface area (Å²) in [5.41, 5.74) is 5.60. The van der Waals surface area contributed by atoms with E-state index in [1.54, 1.807) is 6.07 Å².